The van der Waals surface area contributed by atoms with Crippen LogP contribution in [0.25, 0.3) is 5.57 Å². The molecule has 1 aliphatic carbocycles. The lowest BCUT2D eigenvalue weighted by atomic mass is 9.90. The number of hydrogen-bond donors (Lipinski definition) is 1. The van der Waals surface area contributed by atoms with Gasteiger partial charge >= 0.3 is 0 Å². The van der Waals surface area contributed by atoms with Crippen LogP contribution >= 0.6 is 0 Å². The Bertz CT molecular complexity index is 443. The summed E-state index contributed by atoms with van der Waals surface area (Å²) in [5.41, 5.74) is 2.80. The van der Waals surface area contributed by atoms with Crippen molar-refractivity contribution in [1.82, 2.24) is 5.32 Å². The quantitative estimate of drug-likeness (QED) is 0.893. The van der Waals surface area contributed by atoms with E-state index in [1.54, 1.807) is 0 Å². The van der Waals surface area contributed by atoms with Crippen molar-refractivity contribution in [2.24, 2.45) is 5.92 Å². The Kier molecular flexibility index (Phi) is 4.75. The summed E-state index contributed by atoms with van der Waals surface area (Å²) < 4.78 is 5.96. The summed E-state index contributed by atoms with van der Waals surface area (Å²) in [7, 11) is 0. The van der Waals surface area contributed by atoms with E-state index in [0.717, 1.165) is 37.8 Å². The lowest BCUT2D eigenvalue weighted by Crippen LogP contribution is -2.20. The molecule has 0 atom stereocenters. The van der Waals surface area contributed by atoms with E-state index in [-0.39, 0.29) is 0 Å². The molecule has 2 nitrogen and oxygen atoms in total. The second-order valence-electron chi connectivity index (χ2n) is 6.02. The van der Waals surface area contributed by atoms with Crippen molar-refractivity contribution in [3.8, 4) is 5.75 Å². The summed E-state index contributed by atoms with van der Waals surface area (Å²) in [6.07, 6.45) is 10.3. The average Bonchev–Trinajstić information content (AvgIpc) is 2.55. The Morgan fingerprint density at radius 1 is 1.05 bits per heavy atom. The number of ether oxygens (including phenoxy) is 1. The molecule has 1 aliphatic heterocycles. The molecule has 1 aromatic rings. The van der Waals surface area contributed by atoms with Crippen LogP contribution in [0.5, 0.6) is 5.75 Å². The molecule has 0 bridgehead atoms. The fourth-order valence-corrected chi connectivity index (χ4v) is 3.22. The van der Waals surface area contributed by atoms with E-state index in [1.165, 1.54) is 43.2 Å². The standard InChI is InChI=1S/C18H25NO/c1-2-4-15(5-3-1)14-20-18-8-6-16(7-9-18)17-10-12-19-13-11-17/h6-10,15,19H,1-5,11-14H2. The second kappa shape index (κ2) is 6.94. The number of nitrogens with one attached hydrogen (secondary N) is 1. The summed E-state index contributed by atoms with van der Waals surface area (Å²) in [6, 6.07) is 8.66. The fourth-order valence-electron chi connectivity index (χ4n) is 3.22. The molecule has 1 heterocycles. The first-order valence-corrected chi connectivity index (χ1v) is 8.05. The Balaban J connectivity index is 1.54. The first kappa shape index (κ1) is 13.7. The molecule has 0 spiro atoms. The van der Waals surface area contributed by atoms with Crippen molar-refractivity contribution in [1.29, 1.82) is 0 Å². The van der Waals surface area contributed by atoms with E-state index < -0.39 is 0 Å². The number of benzene rings is 1. The molecule has 2 heteroatoms. The van der Waals surface area contributed by atoms with Crippen LogP contribution in [0.15, 0.2) is 30.3 Å². The van der Waals surface area contributed by atoms with E-state index >= 15 is 0 Å². The van der Waals surface area contributed by atoms with E-state index in [4.69, 9.17) is 4.74 Å². The molecule has 0 unspecified atom stereocenters. The summed E-state index contributed by atoms with van der Waals surface area (Å²) in [4.78, 5) is 0. The van der Waals surface area contributed by atoms with Gasteiger partial charge in [0.25, 0.3) is 0 Å². The molecule has 1 saturated carbocycles. The molecular weight excluding hydrogens is 246 g/mol. The third-order valence-electron chi connectivity index (χ3n) is 4.50. The van der Waals surface area contributed by atoms with Crippen LogP contribution in [0.1, 0.15) is 44.1 Å². The highest BCUT2D eigenvalue weighted by Gasteiger charge is 2.14. The van der Waals surface area contributed by atoms with Gasteiger partial charge in [-0.15, -0.1) is 0 Å². The normalized spacial score (nSPS) is 20.5. The lowest BCUT2D eigenvalue weighted by molar-refractivity contribution is 0.209. The minimum absolute atomic E-state index is 0.774. The van der Waals surface area contributed by atoms with Gasteiger partial charge in [-0.3, -0.25) is 0 Å². The SMILES string of the molecule is C1=C(c2ccc(OCC3CCCCC3)cc2)CCNC1. The zero-order valence-corrected chi connectivity index (χ0v) is 12.2. The van der Waals surface area contributed by atoms with Crippen molar-refractivity contribution < 1.29 is 4.74 Å². The van der Waals surface area contributed by atoms with Crippen molar-refractivity contribution >= 4 is 5.57 Å². The molecule has 1 aromatic carbocycles. The third-order valence-corrected chi connectivity index (χ3v) is 4.50. The molecule has 0 amide bonds. The summed E-state index contributed by atoms with van der Waals surface area (Å²) in [5, 5.41) is 3.35. The highest BCUT2D eigenvalue weighted by atomic mass is 16.5. The van der Waals surface area contributed by atoms with Gasteiger partial charge in [0, 0.05) is 6.54 Å². The minimum Gasteiger partial charge on any atom is -0.493 e. The van der Waals surface area contributed by atoms with E-state index in [2.05, 4.69) is 35.7 Å². The summed E-state index contributed by atoms with van der Waals surface area (Å²) in [5.74, 6) is 1.80. The highest BCUT2D eigenvalue weighted by Crippen LogP contribution is 2.26. The van der Waals surface area contributed by atoms with Crippen molar-refractivity contribution in [2.75, 3.05) is 19.7 Å². The number of rotatable bonds is 4. The Morgan fingerprint density at radius 2 is 1.85 bits per heavy atom. The van der Waals surface area contributed by atoms with Crippen molar-refractivity contribution in [3.63, 3.8) is 0 Å². The van der Waals surface area contributed by atoms with Gasteiger partial charge in [0.2, 0.25) is 0 Å². The molecule has 0 saturated heterocycles. The van der Waals surface area contributed by atoms with E-state index in [9.17, 15) is 0 Å². The van der Waals surface area contributed by atoms with E-state index in [1.807, 2.05) is 0 Å². The van der Waals surface area contributed by atoms with Crippen LogP contribution in [-0.2, 0) is 0 Å². The van der Waals surface area contributed by atoms with Crippen LogP contribution in [0.3, 0.4) is 0 Å². The van der Waals surface area contributed by atoms with Gasteiger partial charge in [0.15, 0.2) is 0 Å². The first-order valence-electron chi connectivity index (χ1n) is 8.05. The maximum Gasteiger partial charge on any atom is 0.119 e. The summed E-state index contributed by atoms with van der Waals surface area (Å²) >= 11 is 0. The van der Waals surface area contributed by atoms with Crippen molar-refractivity contribution in [2.45, 2.75) is 38.5 Å². The summed E-state index contributed by atoms with van der Waals surface area (Å²) in [6.45, 7) is 2.98. The lowest BCUT2D eigenvalue weighted by Gasteiger charge is -2.21. The third kappa shape index (κ3) is 3.63. The van der Waals surface area contributed by atoms with Crippen LogP contribution in [0.2, 0.25) is 0 Å². The molecule has 0 aromatic heterocycles. The zero-order chi connectivity index (χ0) is 13.6. The first-order chi connectivity index (χ1) is 9.92. The molecule has 0 radical (unpaired) electrons. The molecule has 108 valence electrons. The van der Waals surface area contributed by atoms with Crippen molar-refractivity contribution in [3.05, 3.63) is 35.9 Å². The topological polar surface area (TPSA) is 21.3 Å². The predicted octanol–water partition coefficient (Wildman–Crippen LogP) is 4.02. The Morgan fingerprint density at radius 3 is 2.55 bits per heavy atom. The maximum atomic E-state index is 5.96. The van der Waals surface area contributed by atoms with Crippen LogP contribution < -0.4 is 10.1 Å². The van der Waals surface area contributed by atoms with Crippen LogP contribution in [0, 0.1) is 5.92 Å². The molecule has 3 rings (SSSR count). The van der Waals surface area contributed by atoms with Gasteiger partial charge in [0.1, 0.15) is 5.75 Å². The smallest absolute Gasteiger partial charge is 0.119 e. The van der Waals surface area contributed by atoms with Gasteiger partial charge in [-0.05, 0) is 55.0 Å². The Hall–Kier alpha value is -1.28. The predicted molar refractivity (Wildman–Crippen MR) is 84.0 cm³/mol. The minimum atomic E-state index is 0.774. The largest absolute Gasteiger partial charge is 0.493 e. The van der Waals surface area contributed by atoms with E-state index in [0.29, 0.717) is 0 Å². The average molecular weight is 271 g/mol. The van der Waals surface area contributed by atoms with Gasteiger partial charge in [-0.1, -0.05) is 37.5 Å². The monoisotopic (exact) mass is 271 g/mol. The fraction of sp³-hybridized carbons (Fsp3) is 0.556. The van der Waals surface area contributed by atoms with Crippen LogP contribution in [-0.4, -0.2) is 19.7 Å². The van der Waals surface area contributed by atoms with Crippen LogP contribution in [0.4, 0.5) is 0 Å². The van der Waals surface area contributed by atoms with Gasteiger partial charge in [0.05, 0.1) is 6.61 Å². The second-order valence-corrected chi connectivity index (χ2v) is 6.02. The van der Waals surface area contributed by atoms with Gasteiger partial charge in [-0.25, -0.2) is 0 Å². The molecule has 1 N–H and O–H groups in total. The van der Waals surface area contributed by atoms with Gasteiger partial charge < -0.3 is 10.1 Å². The maximum absolute atomic E-state index is 5.96. The number of hydrogen-bond acceptors (Lipinski definition) is 2. The molecular formula is C18H25NO. The molecule has 1 fully saturated rings. The molecule has 2 aliphatic rings. The Labute approximate surface area is 122 Å². The molecule has 20 heavy (non-hydrogen) atoms. The van der Waals surface area contributed by atoms with Gasteiger partial charge in [-0.2, -0.15) is 0 Å². The zero-order valence-electron chi connectivity index (χ0n) is 12.2. The highest BCUT2D eigenvalue weighted by molar-refractivity contribution is 5.67.